The van der Waals surface area contributed by atoms with Crippen LogP contribution in [0.15, 0.2) is 21.4 Å². The third-order valence-electron chi connectivity index (χ3n) is 4.89. The second kappa shape index (κ2) is 7.48. The molecule has 29 heavy (non-hydrogen) atoms. The Labute approximate surface area is 165 Å². The van der Waals surface area contributed by atoms with Crippen LogP contribution in [0.5, 0.6) is 0 Å². The van der Waals surface area contributed by atoms with E-state index in [0.717, 1.165) is 16.4 Å². The maximum Gasteiger partial charge on any atom is 0.432 e. The number of aromatic nitrogens is 2. The molecule has 160 valence electrons. The van der Waals surface area contributed by atoms with Gasteiger partial charge in [0.2, 0.25) is 15.9 Å². The fraction of sp³-hybridized carbons (Fsp3) is 0.529. The highest BCUT2D eigenvalue weighted by Gasteiger charge is 2.35. The van der Waals surface area contributed by atoms with Crippen LogP contribution >= 0.6 is 0 Å². The monoisotopic (exact) mass is 434 g/mol. The number of hydrogen-bond acceptors (Lipinski definition) is 5. The molecule has 12 heteroatoms. The van der Waals surface area contributed by atoms with Crippen LogP contribution in [-0.2, 0) is 21.0 Å². The Morgan fingerprint density at radius 3 is 2.62 bits per heavy atom. The molecule has 3 heterocycles. The molecule has 0 radical (unpaired) electrons. The van der Waals surface area contributed by atoms with Crippen LogP contribution in [0.2, 0.25) is 0 Å². The Kier molecular flexibility index (Phi) is 5.52. The van der Waals surface area contributed by atoms with Crippen LogP contribution < -0.4 is 0 Å². The summed E-state index contributed by atoms with van der Waals surface area (Å²) in [5.74, 6) is -0.186. The molecule has 1 amide bonds. The number of aromatic amines is 1. The molecule has 3 rings (SSSR count). The van der Waals surface area contributed by atoms with Gasteiger partial charge in [-0.05, 0) is 25.8 Å². The van der Waals surface area contributed by atoms with Gasteiger partial charge < -0.3 is 9.32 Å². The molecule has 1 atom stereocenters. The van der Waals surface area contributed by atoms with Crippen LogP contribution in [0.4, 0.5) is 13.2 Å². The lowest BCUT2D eigenvalue weighted by atomic mass is 10.1. The summed E-state index contributed by atoms with van der Waals surface area (Å²) in [5.41, 5.74) is -1.21. The minimum absolute atomic E-state index is 0.0101. The Balaban J connectivity index is 1.81. The molecule has 0 unspecified atom stereocenters. The maximum absolute atomic E-state index is 12.9. The number of carbonyl (C=O) groups excluding carboxylic acids is 1. The van der Waals surface area contributed by atoms with Crippen molar-refractivity contribution in [2.75, 3.05) is 26.7 Å². The lowest BCUT2D eigenvalue weighted by Crippen LogP contribution is -2.33. The predicted molar refractivity (Wildman–Crippen MR) is 96.2 cm³/mol. The van der Waals surface area contributed by atoms with Gasteiger partial charge in [-0.25, -0.2) is 12.7 Å². The molecule has 2 aromatic rings. The molecule has 1 aliphatic heterocycles. The first-order valence-electron chi connectivity index (χ1n) is 8.91. The Morgan fingerprint density at radius 1 is 1.38 bits per heavy atom. The highest BCUT2D eigenvalue weighted by molar-refractivity contribution is 7.89. The summed E-state index contributed by atoms with van der Waals surface area (Å²) in [7, 11) is -2.56. The lowest BCUT2D eigenvalue weighted by molar-refractivity contribution is -0.141. The summed E-state index contributed by atoms with van der Waals surface area (Å²) in [6.07, 6.45) is -4.33. The number of aryl methyl sites for hydroxylation is 1. The zero-order chi connectivity index (χ0) is 21.6. The number of alkyl halides is 3. The van der Waals surface area contributed by atoms with E-state index in [1.54, 1.807) is 4.90 Å². The van der Waals surface area contributed by atoms with Gasteiger partial charge in [-0.2, -0.15) is 18.3 Å². The van der Waals surface area contributed by atoms with Crippen molar-refractivity contribution in [3.8, 4) is 11.5 Å². The summed E-state index contributed by atoms with van der Waals surface area (Å²) in [5, 5.41) is 5.42. The second-order valence-electron chi connectivity index (χ2n) is 6.98. The maximum atomic E-state index is 12.9. The number of nitrogens with zero attached hydrogens (tertiary/aromatic N) is 3. The average Bonchev–Trinajstić information content (AvgIpc) is 3.32. The molecule has 0 aliphatic carbocycles. The van der Waals surface area contributed by atoms with Crippen molar-refractivity contribution < 1.29 is 30.8 Å². The summed E-state index contributed by atoms with van der Waals surface area (Å²) in [4.78, 5) is 13.4. The number of furan rings is 1. The van der Waals surface area contributed by atoms with E-state index in [1.165, 1.54) is 14.0 Å². The van der Waals surface area contributed by atoms with E-state index in [0.29, 0.717) is 13.1 Å². The van der Waals surface area contributed by atoms with Crippen molar-refractivity contribution in [2.45, 2.75) is 31.3 Å². The van der Waals surface area contributed by atoms with E-state index in [2.05, 4.69) is 5.10 Å². The summed E-state index contributed by atoms with van der Waals surface area (Å²) in [6, 6.07) is 1.91. The number of sulfonamides is 1. The van der Waals surface area contributed by atoms with Crippen molar-refractivity contribution in [3.05, 3.63) is 23.6 Å². The third-order valence-corrected chi connectivity index (χ3v) is 6.82. The van der Waals surface area contributed by atoms with Crippen molar-refractivity contribution in [3.63, 3.8) is 0 Å². The van der Waals surface area contributed by atoms with Gasteiger partial charge in [-0.15, -0.1) is 0 Å². The quantitative estimate of drug-likeness (QED) is 0.753. The molecular weight excluding hydrogens is 413 g/mol. The van der Waals surface area contributed by atoms with Gasteiger partial charge in [0.25, 0.3) is 0 Å². The smallest absolute Gasteiger partial charge is 0.432 e. The summed E-state index contributed by atoms with van der Waals surface area (Å²) in [6.45, 7) is 4.47. The van der Waals surface area contributed by atoms with Crippen LogP contribution in [0.25, 0.3) is 11.5 Å². The Hall–Kier alpha value is -2.34. The minimum Gasteiger partial charge on any atom is -0.458 e. The summed E-state index contributed by atoms with van der Waals surface area (Å²) >= 11 is 0. The van der Waals surface area contributed by atoms with E-state index < -0.39 is 21.9 Å². The fourth-order valence-electron chi connectivity index (χ4n) is 3.35. The first-order valence-corrected chi connectivity index (χ1v) is 10.3. The number of nitrogens with one attached hydrogen (secondary N) is 1. The van der Waals surface area contributed by atoms with Crippen molar-refractivity contribution in [2.24, 2.45) is 5.92 Å². The SMILES string of the molecule is CCN1C[C@@H](CN(C)S(=O)(=O)c2cc(-c3cc(C(F)(F)F)[nH]n3)oc2C)CC1=O. The molecule has 1 saturated heterocycles. The second-order valence-corrected chi connectivity index (χ2v) is 9.00. The van der Waals surface area contributed by atoms with Crippen molar-refractivity contribution in [1.29, 1.82) is 0 Å². The van der Waals surface area contributed by atoms with Crippen LogP contribution in [-0.4, -0.2) is 60.4 Å². The lowest BCUT2D eigenvalue weighted by Gasteiger charge is -2.20. The largest absolute Gasteiger partial charge is 0.458 e. The highest BCUT2D eigenvalue weighted by atomic mass is 32.2. The predicted octanol–water partition coefficient (Wildman–Crippen LogP) is 2.49. The molecule has 0 aromatic carbocycles. The average molecular weight is 434 g/mol. The molecule has 1 fully saturated rings. The molecule has 8 nitrogen and oxygen atoms in total. The molecule has 2 aromatic heterocycles. The topological polar surface area (TPSA) is 99.5 Å². The van der Waals surface area contributed by atoms with Gasteiger partial charge in [-0.1, -0.05) is 0 Å². The number of hydrogen-bond donors (Lipinski definition) is 1. The number of likely N-dealkylation sites (tertiary alicyclic amines) is 1. The molecule has 0 saturated carbocycles. The zero-order valence-corrected chi connectivity index (χ0v) is 16.9. The van der Waals surface area contributed by atoms with E-state index in [-0.39, 0.29) is 46.9 Å². The van der Waals surface area contributed by atoms with E-state index in [4.69, 9.17) is 4.42 Å². The third kappa shape index (κ3) is 4.17. The number of amides is 1. The molecular formula is C17H21F3N4O4S. The van der Waals surface area contributed by atoms with E-state index >= 15 is 0 Å². The first kappa shape index (κ1) is 21.4. The normalized spacial score (nSPS) is 18.2. The molecule has 1 aliphatic rings. The highest BCUT2D eigenvalue weighted by Crippen LogP contribution is 2.33. The number of rotatable bonds is 6. The Morgan fingerprint density at radius 2 is 2.07 bits per heavy atom. The van der Waals surface area contributed by atoms with Crippen molar-refractivity contribution in [1.82, 2.24) is 19.4 Å². The van der Waals surface area contributed by atoms with Gasteiger partial charge in [0, 0.05) is 39.2 Å². The summed E-state index contributed by atoms with van der Waals surface area (Å²) < 4.78 is 70.6. The van der Waals surface area contributed by atoms with Crippen LogP contribution in [0.1, 0.15) is 24.8 Å². The fourth-order valence-corrected chi connectivity index (χ4v) is 4.76. The van der Waals surface area contributed by atoms with E-state index in [9.17, 15) is 26.4 Å². The molecule has 0 spiro atoms. The van der Waals surface area contributed by atoms with Gasteiger partial charge >= 0.3 is 6.18 Å². The first-order chi connectivity index (χ1) is 13.4. The standard InChI is InChI=1S/C17H21F3N4O4S/c1-4-24-9-11(5-16(24)25)8-23(3)29(26,27)14-7-13(28-10(14)2)12-6-15(22-21-12)17(18,19)20/h6-7,11H,4-5,8-9H2,1-3H3,(H,21,22)/t11-/m1/s1. The number of carbonyl (C=O) groups is 1. The van der Waals surface area contributed by atoms with Gasteiger partial charge in [0.1, 0.15) is 22.0 Å². The van der Waals surface area contributed by atoms with Crippen molar-refractivity contribution >= 4 is 15.9 Å². The number of H-pyrrole nitrogens is 1. The molecule has 1 N–H and O–H groups in total. The van der Waals surface area contributed by atoms with Gasteiger partial charge in [-0.3, -0.25) is 9.89 Å². The van der Waals surface area contributed by atoms with E-state index in [1.807, 2.05) is 12.0 Å². The molecule has 0 bridgehead atoms. The number of halogens is 3. The van der Waals surface area contributed by atoms with Crippen LogP contribution in [0.3, 0.4) is 0 Å². The van der Waals surface area contributed by atoms with Gasteiger partial charge in [0.05, 0.1) is 0 Å². The minimum atomic E-state index is -4.60. The van der Waals surface area contributed by atoms with Crippen LogP contribution in [0, 0.1) is 12.8 Å². The Bertz CT molecular complexity index is 1010. The zero-order valence-electron chi connectivity index (χ0n) is 16.1. The van der Waals surface area contributed by atoms with Gasteiger partial charge in [0.15, 0.2) is 5.76 Å².